The summed E-state index contributed by atoms with van der Waals surface area (Å²) in [4.78, 5) is 0. The summed E-state index contributed by atoms with van der Waals surface area (Å²) < 4.78 is 0. The summed E-state index contributed by atoms with van der Waals surface area (Å²) in [6, 6.07) is 0. The smallest absolute Gasteiger partial charge is 0.0487 e. The van der Waals surface area contributed by atoms with Crippen molar-refractivity contribution < 1.29 is 5.11 Å². The van der Waals surface area contributed by atoms with E-state index in [0.29, 0.717) is 6.61 Å². The third-order valence-corrected chi connectivity index (χ3v) is 3.45. The minimum Gasteiger partial charge on any atom is -0.396 e. The van der Waals surface area contributed by atoms with Crippen LogP contribution < -0.4 is 0 Å². The summed E-state index contributed by atoms with van der Waals surface area (Å²) in [5.41, 5.74) is 0.245. The second kappa shape index (κ2) is 4.45. The quantitative estimate of drug-likeness (QED) is 0.672. The predicted octanol–water partition coefficient (Wildman–Crippen LogP) is 3.22. The lowest BCUT2D eigenvalue weighted by atomic mass is 9.80. The Bertz CT molecular complexity index is 149. The van der Waals surface area contributed by atoms with E-state index in [2.05, 4.69) is 20.8 Å². The molecule has 0 radical (unpaired) electrons. The van der Waals surface area contributed by atoms with Crippen LogP contribution >= 0.6 is 0 Å². The molecule has 0 heterocycles. The van der Waals surface area contributed by atoms with E-state index in [0.717, 1.165) is 11.8 Å². The Kier molecular flexibility index (Phi) is 3.78. The molecular formula is C12H24O. The molecule has 1 nitrogen and oxygen atoms in total. The molecule has 0 spiro atoms. The van der Waals surface area contributed by atoms with Crippen molar-refractivity contribution in [1.29, 1.82) is 0 Å². The summed E-state index contributed by atoms with van der Waals surface area (Å²) in [7, 11) is 0. The van der Waals surface area contributed by atoms with Crippen LogP contribution in [-0.2, 0) is 0 Å². The Morgan fingerprint density at radius 2 is 2.00 bits per heavy atom. The van der Waals surface area contributed by atoms with E-state index in [9.17, 15) is 5.11 Å². The molecule has 1 rings (SSSR count). The van der Waals surface area contributed by atoms with Crippen molar-refractivity contribution in [3.63, 3.8) is 0 Å². The van der Waals surface area contributed by atoms with Gasteiger partial charge in [0.15, 0.2) is 0 Å². The van der Waals surface area contributed by atoms with Gasteiger partial charge in [-0.15, -0.1) is 0 Å². The van der Waals surface area contributed by atoms with Gasteiger partial charge in [0.25, 0.3) is 0 Å². The molecule has 1 heteroatoms. The highest BCUT2D eigenvalue weighted by Gasteiger charge is 2.40. The van der Waals surface area contributed by atoms with Crippen LogP contribution in [0.5, 0.6) is 0 Å². The van der Waals surface area contributed by atoms with Gasteiger partial charge in [0.05, 0.1) is 0 Å². The van der Waals surface area contributed by atoms with Crippen molar-refractivity contribution in [3.05, 3.63) is 0 Å². The van der Waals surface area contributed by atoms with Gasteiger partial charge in [-0.25, -0.2) is 0 Å². The van der Waals surface area contributed by atoms with Gasteiger partial charge in [-0.3, -0.25) is 0 Å². The lowest BCUT2D eigenvalue weighted by Gasteiger charge is -2.27. The maximum absolute atomic E-state index is 9.36. The molecule has 78 valence electrons. The molecule has 1 aliphatic carbocycles. The number of aliphatic hydroxyl groups excluding tert-OH is 1. The van der Waals surface area contributed by atoms with E-state index in [1.165, 1.54) is 32.1 Å². The Hall–Kier alpha value is -0.0400. The molecule has 0 aromatic carbocycles. The SMILES string of the molecule is CC(C)CCCC(C)(CO)C1CC1. The van der Waals surface area contributed by atoms with Crippen molar-refractivity contribution >= 4 is 0 Å². The zero-order valence-corrected chi connectivity index (χ0v) is 9.34. The second-order valence-electron chi connectivity index (χ2n) is 5.37. The molecule has 13 heavy (non-hydrogen) atoms. The van der Waals surface area contributed by atoms with E-state index in [-0.39, 0.29) is 5.41 Å². The van der Waals surface area contributed by atoms with Gasteiger partial charge in [-0.05, 0) is 36.5 Å². The van der Waals surface area contributed by atoms with Crippen LogP contribution in [0.3, 0.4) is 0 Å². The van der Waals surface area contributed by atoms with Crippen molar-refractivity contribution in [2.75, 3.05) is 6.61 Å². The highest BCUT2D eigenvalue weighted by Crippen LogP contribution is 2.48. The van der Waals surface area contributed by atoms with Gasteiger partial charge in [0.2, 0.25) is 0 Å². The zero-order valence-electron chi connectivity index (χ0n) is 9.34. The first-order valence-electron chi connectivity index (χ1n) is 5.69. The number of rotatable bonds is 6. The zero-order chi connectivity index (χ0) is 9.90. The van der Waals surface area contributed by atoms with Crippen LogP contribution in [0.1, 0.15) is 52.9 Å². The number of hydrogen-bond donors (Lipinski definition) is 1. The standard InChI is InChI=1S/C12H24O/c1-10(2)5-4-8-12(3,9-13)11-6-7-11/h10-11,13H,4-9H2,1-3H3. The van der Waals surface area contributed by atoms with Crippen LogP contribution in [0.4, 0.5) is 0 Å². The lowest BCUT2D eigenvalue weighted by Crippen LogP contribution is -2.24. The molecule has 0 bridgehead atoms. The average molecular weight is 184 g/mol. The normalized spacial score (nSPS) is 21.9. The molecule has 1 atom stereocenters. The predicted molar refractivity (Wildman–Crippen MR) is 56.6 cm³/mol. The largest absolute Gasteiger partial charge is 0.396 e. The van der Waals surface area contributed by atoms with E-state index >= 15 is 0 Å². The first-order chi connectivity index (χ1) is 6.08. The van der Waals surface area contributed by atoms with Crippen molar-refractivity contribution in [2.45, 2.75) is 52.9 Å². The minimum atomic E-state index is 0.245. The first kappa shape index (κ1) is 11.0. The van der Waals surface area contributed by atoms with E-state index in [1.54, 1.807) is 0 Å². The third-order valence-electron chi connectivity index (χ3n) is 3.45. The monoisotopic (exact) mass is 184 g/mol. The van der Waals surface area contributed by atoms with E-state index < -0.39 is 0 Å². The summed E-state index contributed by atoms with van der Waals surface area (Å²) in [5, 5.41) is 9.36. The molecule has 1 unspecified atom stereocenters. The van der Waals surface area contributed by atoms with E-state index in [1.807, 2.05) is 0 Å². The van der Waals surface area contributed by atoms with Crippen LogP contribution in [0.25, 0.3) is 0 Å². The molecule has 0 aliphatic heterocycles. The molecule has 0 amide bonds. The van der Waals surface area contributed by atoms with Crippen molar-refractivity contribution in [3.8, 4) is 0 Å². The van der Waals surface area contributed by atoms with Crippen LogP contribution in [0, 0.1) is 17.3 Å². The average Bonchev–Trinajstić information content (AvgIpc) is 2.85. The minimum absolute atomic E-state index is 0.245. The molecule has 0 saturated heterocycles. The Labute approximate surface area is 82.5 Å². The van der Waals surface area contributed by atoms with Gasteiger partial charge < -0.3 is 5.11 Å². The molecule has 0 aromatic rings. The van der Waals surface area contributed by atoms with Crippen molar-refractivity contribution in [2.24, 2.45) is 17.3 Å². The molecule has 1 fully saturated rings. The molecular weight excluding hydrogens is 160 g/mol. The van der Waals surface area contributed by atoms with Gasteiger partial charge in [0.1, 0.15) is 0 Å². The van der Waals surface area contributed by atoms with Crippen LogP contribution in [0.15, 0.2) is 0 Å². The summed E-state index contributed by atoms with van der Waals surface area (Å²) in [6.45, 7) is 7.18. The Morgan fingerprint density at radius 1 is 1.38 bits per heavy atom. The Morgan fingerprint density at radius 3 is 2.38 bits per heavy atom. The van der Waals surface area contributed by atoms with Gasteiger partial charge in [-0.2, -0.15) is 0 Å². The summed E-state index contributed by atoms with van der Waals surface area (Å²) in [5.74, 6) is 1.63. The highest BCUT2D eigenvalue weighted by atomic mass is 16.3. The fourth-order valence-corrected chi connectivity index (χ4v) is 2.11. The third kappa shape index (κ3) is 3.30. The van der Waals surface area contributed by atoms with Crippen molar-refractivity contribution in [1.82, 2.24) is 0 Å². The first-order valence-corrected chi connectivity index (χ1v) is 5.69. The Balaban J connectivity index is 2.23. The molecule has 0 aromatic heterocycles. The van der Waals surface area contributed by atoms with Gasteiger partial charge in [-0.1, -0.05) is 33.6 Å². The summed E-state index contributed by atoms with van der Waals surface area (Å²) in [6.07, 6.45) is 6.50. The fourth-order valence-electron chi connectivity index (χ4n) is 2.11. The lowest BCUT2D eigenvalue weighted by molar-refractivity contribution is 0.106. The molecule has 1 aliphatic rings. The number of aliphatic hydroxyl groups is 1. The maximum Gasteiger partial charge on any atom is 0.0487 e. The summed E-state index contributed by atoms with van der Waals surface area (Å²) >= 11 is 0. The van der Waals surface area contributed by atoms with Crippen LogP contribution in [-0.4, -0.2) is 11.7 Å². The number of hydrogen-bond acceptors (Lipinski definition) is 1. The van der Waals surface area contributed by atoms with Crippen LogP contribution in [0.2, 0.25) is 0 Å². The molecule has 1 saturated carbocycles. The topological polar surface area (TPSA) is 20.2 Å². The van der Waals surface area contributed by atoms with Gasteiger partial charge >= 0.3 is 0 Å². The fraction of sp³-hybridized carbons (Fsp3) is 1.00. The second-order valence-corrected chi connectivity index (χ2v) is 5.37. The highest BCUT2D eigenvalue weighted by molar-refractivity contribution is 4.90. The maximum atomic E-state index is 9.36. The molecule has 1 N–H and O–H groups in total. The van der Waals surface area contributed by atoms with Gasteiger partial charge in [0, 0.05) is 6.61 Å². The van der Waals surface area contributed by atoms with E-state index in [4.69, 9.17) is 0 Å².